The summed E-state index contributed by atoms with van der Waals surface area (Å²) < 4.78 is 0. The molecule has 1 fully saturated rings. The number of benzene rings is 1. The zero-order chi connectivity index (χ0) is 14.7. The number of hydrogen-bond donors (Lipinski definition) is 2. The van der Waals surface area contributed by atoms with Crippen LogP contribution in [0.15, 0.2) is 36.5 Å². The molecule has 3 rings (SSSR count). The van der Waals surface area contributed by atoms with Gasteiger partial charge in [-0.2, -0.15) is 5.10 Å². The van der Waals surface area contributed by atoms with Crippen LogP contribution in [0.1, 0.15) is 36.2 Å². The molecule has 0 amide bonds. The Morgan fingerprint density at radius 1 is 1.38 bits per heavy atom. The quantitative estimate of drug-likeness (QED) is 0.887. The van der Waals surface area contributed by atoms with Gasteiger partial charge < -0.3 is 5.32 Å². The van der Waals surface area contributed by atoms with E-state index >= 15 is 0 Å². The van der Waals surface area contributed by atoms with Crippen LogP contribution in [0, 0.1) is 6.92 Å². The SMILES string of the molecule is Cc1[nH]ncc1CN[C@@H]1CCN([C@@H](C)c2ccccc2)C1. The molecule has 112 valence electrons. The van der Waals surface area contributed by atoms with Crippen molar-refractivity contribution in [3.8, 4) is 0 Å². The molecular formula is C17H24N4. The Kier molecular flexibility index (Phi) is 4.36. The third-order valence-corrected chi connectivity index (χ3v) is 4.56. The van der Waals surface area contributed by atoms with Crippen LogP contribution in [0.5, 0.6) is 0 Å². The Labute approximate surface area is 126 Å². The molecule has 1 saturated heterocycles. The molecular weight excluding hydrogens is 260 g/mol. The highest BCUT2D eigenvalue weighted by Gasteiger charge is 2.26. The number of aromatic nitrogens is 2. The smallest absolute Gasteiger partial charge is 0.0535 e. The van der Waals surface area contributed by atoms with E-state index in [1.807, 2.05) is 6.20 Å². The van der Waals surface area contributed by atoms with E-state index in [1.165, 1.54) is 17.5 Å². The van der Waals surface area contributed by atoms with Gasteiger partial charge in [-0.3, -0.25) is 10.00 Å². The van der Waals surface area contributed by atoms with Gasteiger partial charge in [0.1, 0.15) is 0 Å². The van der Waals surface area contributed by atoms with Gasteiger partial charge in [0.2, 0.25) is 0 Å². The van der Waals surface area contributed by atoms with E-state index in [9.17, 15) is 0 Å². The monoisotopic (exact) mass is 284 g/mol. The lowest BCUT2D eigenvalue weighted by Gasteiger charge is -2.24. The van der Waals surface area contributed by atoms with E-state index in [0.29, 0.717) is 12.1 Å². The summed E-state index contributed by atoms with van der Waals surface area (Å²) in [6.07, 6.45) is 3.13. The molecule has 4 nitrogen and oxygen atoms in total. The average Bonchev–Trinajstić information content (AvgIpc) is 3.14. The van der Waals surface area contributed by atoms with Crippen LogP contribution in [0.25, 0.3) is 0 Å². The van der Waals surface area contributed by atoms with Crippen LogP contribution < -0.4 is 5.32 Å². The molecule has 2 atom stereocenters. The van der Waals surface area contributed by atoms with Crippen molar-refractivity contribution in [2.45, 2.75) is 38.9 Å². The summed E-state index contributed by atoms with van der Waals surface area (Å²) in [4.78, 5) is 2.56. The van der Waals surface area contributed by atoms with Crippen LogP contribution >= 0.6 is 0 Å². The minimum atomic E-state index is 0.494. The highest BCUT2D eigenvalue weighted by atomic mass is 15.2. The first kappa shape index (κ1) is 14.3. The Morgan fingerprint density at radius 2 is 2.19 bits per heavy atom. The third kappa shape index (κ3) is 3.34. The number of aromatic amines is 1. The van der Waals surface area contributed by atoms with Crippen LogP contribution in [-0.2, 0) is 6.54 Å². The van der Waals surface area contributed by atoms with Crippen molar-refractivity contribution in [1.82, 2.24) is 20.4 Å². The van der Waals surface area contributed by atoms with Crippen molar-refractivity contribution in [2.75, 3.05) is 13.1 Å². The molecule has 0 unspecified atom stereocenters. The predicted molar refractivity (Wildman–Crippen MR) is 85.0 cm³/mol. The van der Waals surface area contributed by atoms with Gasteiger partial charge in [-0.15, -0.1) is 0 Å². The van der Waals surface area contributed by atoms with Crippen LogP contribution in [-0.4, -0.2) is 34.2 Å². The molecule has 1 aromatic carbocycles. The van der Waals surface area contributed by atoms with Crippen molar-refractivity contribution in [3.05, 3.63) is 53.3 Å². The summed E-state index contributed by atoms with van der Waals surface area (Å²) in [5, 5.41) is 10.7. The number of rotatable bonds is 5. The van der Waals surface area contributed by atoms with Crippen molar-refractivity contribution < 1.29 is 0 Å². The first-order valence-corrected chi connectivity index (χ1v) is 7.75. The number of hydrogen-bond acceptors (Lipinski definition) is 3. The molecule has 0 aliphatic carbocycles. The number of aryl methyl sites for hydroxylation is 1. The third-order valence-electron chi connectivity index (χ3n) is 4.56. The highest BCUT2D eigenvalue weighted by molar-refractivity contribution is 5.19. The second kappa shape index (κ2) is 6.41. The van der Waals surface area contributed by atoms with Gasteiger partial charge in [0, 0.05) is 43.0 Å². The molecule has 2 N–H and O–H groups in total. The Morgan fingerprint density at radius 3 is 2.90 bits per heavy atom. The lowest BCUT2D eigenvalue weighted by atomic mass is 10.1. The molecule has 0 radical (unpaired) electrons. The van der Waals surface area contributed by atoms with Gasteiger partial charge >= 0.3 is 0 Å². The Bertz CT molecular complexity index is 563. The predicted octanol–water partition coefficient (Wildman–Crippen LogP) is 2.64. The van der Waals surface area contributed by atoms with Gasteiger partial charge in [-0.25, -0.2) is 0 Å². The van der Waals surface area contributed by atoms with Gasteiger partial charge in [-0.05, 0) is 25.8 Å². The first-order valence-electron chi connectivity index (χ1n) is 7.75. The van der Waals surface area contributed by atoms with E-state index < -0.39 is 0 Å². The van der Waals surface area contributed by atoms with Gasteiger partial charge in [-0.1, -0.05) is 30.3 Å². The molecule has 0 bridgehead atoms. The maximum Gasteiger partial charge on any atom is 0.0535 e. The van der Waals surface area contributed by atoms with E-state index in [0.717, 1.165) is 25.3 Å². The molecule has 1 aliphatic rings. The highest BCUT2D eigenvalue weighted by Crippen LogP contribution is 2.24. The molecule has 0 saturated carbocycles. The maximum absolute atomic E-state index is 4.07. The summed E-state index contributed by atoms with van der Waals surface area (Å²) in [7, 11) is 0. The van der Waals surface area contributed by atoms with E-state index in [4.69, 9.17) is 0 Å². The minimum Gasteiger partial charge on any atom is -0.308 e. The largest absolute Gasteiger partial charge is 0.308 e. The number of nitrogens with one attached hydrogen (secondary N) is 2. The fourth-order valence-electron chi connectivity index (χ4n) is 3.06. The second-order valence-electron chi connectivity index (χ2n) is 5.97. The van der Waals surface area contributed by atoms with Gasteiger partial charge in [0.05, 0.1) is 6.20 Å². The first-order chi connectivity index (χ1) is 10.2. The zero-order valence-electron chi connectivity index (χ0n) is 12.8. The van der Waals surface area contributed by atoms with Crippen molar-refractivity contribution >= 4 is 0 Å². The Balaban J connectivity index is 1.52. The fraction of sp³-hybridized carbons (Fsp3) is 0.471. The summed E-state index contributed by atoms with van der Waals surface area (Å²) >= 11 is 0. The number of nitrogens with zero attached hydrogens (tertiary/aromatic N) is 2. The van der Waals surface area contributed by atoms with Crippen molar-refractivity contribution in [1.29, 1.82) is 0 Å². The molecule has 2 heterocycles. The lowest BCUT2D eigenvalue weighted by molar-refractivity contribution is 0.255. The summed E-state index contributed by atoms with van der Waals surface area (Å²) in [5.74, 6) is 0. The van der Waals surface area contributed by atoms with Crippen molar-refractivity contribution in [2.24, 2.45) is 0 Å². The molecule has 2 aromatic rings. The molecule has 1 aliphatic heterocycles. The topological polar surface area (TPSA) is 44.0 Å². The van der Waals surface area contributed by atoms with Crippen LogP contribution in [0.2, 0.25) is 0 Å². The van der Waals surface area contributed by atoms with E-state index in [1.54, 1.807) is 0 Å². The lowest BCUT2D eigenvalue weighted by Crippen LogP contribution is -2.33. The average molecular weight is 284 g/mol. The Hall–Kier alpha value is -1.65. The van der Waals surface area contributed by atoms with Crippen LogP contribution in [0.4, 0.5) is 0 Å². The molecule has 0 spiro atoms. The second-order valence-corrected chi connectivity index (χ2v) is 5.97. The standard InChI is InChI=1S/C17H24N4/c1-13-16(11-19-20-13)10-18-17-8-9-21(12-17)14(2)15-6-4-3-5-7-15/h3-7,11,14,17-18H,8-10,12H2,1-2H3,(H,19,20)/t14-,17+/m0/s1. The van der Waals surface area contributed by atoms with E-state index in [-0.39, 0.29) is 0 Å². The summed E-state index contributed by atoms with van der Waals surface area (Å²) in [6.45, 7) is 7.56. The van der Waals surface area contributed by atoms with Crippen molar-refractivity contribution in [3.63, 3.8) is 0 Å². The van der Waals surface area contributed by atoms with Gasteiger partial charge in [0.15, 0.2) is 0 Å². The summed E-state index contributed by atoms with van der Waals surface area (Å²) in [5.41, 5.74) is 3.84. The van der Waals surface area contributed by atoms with E-state index in [2.05, 4.69) is 64.6 Å². The minimum absolute atomic E-state index is 0.494. The molecule has 1 aromatic heterocycles. The zero-order valence-corrected chi connectivity index (χ0v) is 12.8. The fourth-order valence-corrected chi connectivity index (χ4v) is 3.06. The van der Waals surface area contributed by atoms with Gasteiger partial charge in [0.25, 0.3) is 0 Å². The number of likely N-dealkylation sites (tertiary alicyclic amines) is 1. The number of H-pyrrole nitrogens is 1. The maximum atomic E-state index is 4.07. The normalized spacial score (nSPS) is 20.8. The summed E-state index contributed by atoms with van der Waals surface area (Å²) in [6, 6.07) is 11.8. The molecule has 21 heavy (non-hydrogen) atoms. The van der Waals surface area contributed by atoms with Crippen LogP contribution in [0.3, 0.4) is 0 Å². The molecule has 4 heteroatoms.